The number of carbonyl (C=O) groups excluding carboxylic acids is 1. The summed E-state index contributed by atoms with van der Waals surface area (Å²) in [5.41, 5.74) is 0.639. The van der Waals surface area contributed by atoms with Crippen molar-refractivity contribution >= 4 is 21.9 Å². The van der Waals surface area contributed by atoms with Crippen LogP contribution in [0.3, 0.4) is 0 Å². The molecule has 0 fully saturated rings. The van der Waals surface area contributed by atoms with E-state index in [1.165, 1.54) is 0 Å². The Morgan fingerprint density at radius 2 is 2.12 bits per heavy atom. The summed E-state index contributed by atoms with van der Waals surface area (Å²) in [7, 11) is 0. The highest BCUT2D eigenvalue weighted by molar-refractivity contribution is 9.10. The van der Waals surface area contributed by atoms with Crippen molar-refractivity contribution in [1.82, 2.24) is 0 Å². The molecular weight excluding hydrogens is 272 g/mol. The van der Waals surface area contributed by atoms with Crippen molar-refractivity contribution in [2.45, 2.75) is 13.0 Å². The van der Waals surface area contributed by atoms with Crippen molar-refractivity contribution in [2.75, 3.05) is 6.61 Å². The molecule has 0 radical (unpaired) electrons. The van der Waals surface area contributed by atoms with Gasteiger partial charge in [-0.3, -0.25) is 0 Å². The van der Waals surface area contributed by atoms with E-state index in [1.54, 1.807) is 31.2 Å². The number of benzene rings is 1. The van der Waals surface area contributed by atoms with E-state index in [0.29, 0.717) is 5.56 Å². The standard InChI is InChI=1S/C12H11BrO3/c1-2-16-12(15)8-7-11(14)9-3-5-10(13)6-4-9/h3-6,11,14H,2H2,1H3. The van der Waals surface area contributed by atoms with Crippen LogP contribution in [0.1, 0.15) is 18.6 Å². The third-order valence-electron chi connectivity index (χ3n) is 1.77. The monoisotopic (exact) mass is 282 g/mol. The average Bonchev–Trinajstić information content (AvgIpc) is 2.27. The van der Waals surface area contributed by atoms with Gasteiger partial charge in [-0.1, -0.05) is 34.0 Å². The fourth-order valence-electron chi connectivity index (χ4n) is 1.02. The first kappa shape index (κ1) is 12.8. The van der Waals surface area contributed by atoms with Gasteiger partial charge < -0.3 is 9.84 Å². The lowest BCUT2D eigenvalue weighted by Crippen LogP contribution is -2.01. The summed E-state index contributed by atoms with van der Waals surface area (Å²) in [5, 5.41) is 9.63. The van der Waals surface area contributed by atoms with Gasteiger partial charge in [-0.2, -0.15) is 0 Å². The molecule has 3 nitrogen and oxygen atoms in total. The summed E-state index contributed by atoms with van der Waals surface area (Å²) in [5.74, 6) is 4.02. The van der Waals surface area contributed by atoms with Gasteiger partial charge in [-0.05, 0) is 24.6 Å². The number of hydrogen-bond acceptors (Lipinski definition) is 3. The Morgan fingerprint density at radius 1 is 1.50 bits per heavy atom. The molecule has 0 aliphatic carbocycles. The highest BCUT2D eigenvalue weighted by Crippen LogP contribution is 2.15. The maximum atomic E-state index is 10.9. The van der Waals surface area contributed by atoms with Crippen LogP contribution in [0.15, 0.2) is 28.7 Å². The summed E-state index contributed by atoms with van der Waals surface area (Å²) in [4.78, 5) is 10.9. The van der Waals surface area contributed by atoms with Crippen LogP contribution >= 0.6 is 15.9 Å². The number of ether oxygens (including phenoxy) is 1. The Kier molecular flexibility index (Phi) is 5.03. The lowest BCUT2D eigenvalue weighted by molar-refractivity contribution is -0.136. The second-order valence-corrected chi connectivity index (χ2v) is 3.86. The van der Waals surface area contributed by atoms with Crippen LogP contribution in [0.2, 0.25) is 0 Å². The zero-order valence-corrected chi connectivity index (χ0v) is 10.3. The molecule has 0 amide bonds. The van der Waals surface area contributed by atoms with E-state index < -0.39 is 12.1 Å². The van der Waals surface area contributed by atoms with Gasteiger partial charge in [0.05, 0.1) is 6.61 Å². The minimum absolute atomic E-state index is 0.280. The van der Waals surface area contributed by atoms with Crippen LogP contribution in [-0.2, 0) is 9.53 Å². The smallest absolute Gasteiger partial charge is 0.384 e. The molecule has 0 bridgehead atoms. The first-order chi connectivity index (χ1) is 7.63. The van der Waals surface area contributed by atoms with Gasteiger partial charge in [0.25, 0.3) is 0 Å². The molecule has 0 saturated heterocycles. The molecule has 84 valence electrons. The molecule has 4 heteroatoms. The summed E-state index contributed by atoms with van der Waals surface area (Å²) in [6.07, 6.45) is -0.975. The van der Waals surface area contributed by atoms with E-state index in [4.69, 9.17) is 0 Å². The van der Waals surface area contributed by atoms with E-state index in [9.17, 15) is 9.90 Å². The van der Waals surface area contributed by atoms with Crippen LogP contribution < -0.4 is 0 Å². The van der Waals surface area contributed by atoms with Crippen molar-refractivity contribution < 1.29 is 14.6 Å². The van der Waals surface area contributed by atoms with Gasteiger partial charge in [0.2, 0.25) is 0 Å². The molecule has 0 spiro atoms. The Labute approximate surface area is 103 Å². The normalized spacial score (nSPS) is 11.2. The molecule has 0 heterocycles. The van der Waals surface area contributed by atoms with Crippen molar-refractivity contribution in [1.29, 1.82) is 0 Å². The van der Waals surface area contributed by atoms with Gasteiger partial charge >= 0.3 is 5.97 Å². The lowest BCUT2D eigenvalue weighted by atomic mass is 10.1. The van der Waals surface area contributed by atoms with Crippen molar-refractivity contribution in [2.24, 2.45) is 0 Å². The van der Waals surface area contributed by atoms with Crippen LogP contribution in [0.25, 0.3) is 0 Å². The van der Waals surface area contributed by atoms with E-state index in [2.05, 4.69) is 32.5 Å². The largest absolute Gasteiger partial charge is 0.456 e. The third kappa shape index (κ3) is 4.05. The number of carbonyl (C=O) groups is 1. The Morgan fingerprint density at radius 3 is 2.69 bits per heavy atom. The van der Waals surface area contributed by atoms with Crippen molar-refractivity contribution in [3.8, 4) is 11.8 Å². The number of esters is 1. The first-order valence-corrected chi connectivity index (χ1v) is 5.54. The van der Waals surface area contributed by atoms with E-state index in [1.807, 2.05) is 0 Å². The maximum Gasteiger partial charge on any atom is 0.384 e. The zero-order valence-electron chi connectivity index (χ0n) is 8.74. The summed E-state index contributed by atoms with van der Waals surface area (Å²) >= 11 is 3.29. The SMILES string of the molecule is CCOC(=O)C#CC(O)c1ccc(Br)cc1. The van der Waals surface area contributed by atoms with Gasteiger partial charge in [-0.25, -0.2) is 4.79 Å². The summed E-state index contributed by atoms with van der Waals surface area (Å²) in [6.45, 7) is 1.98. The zero-order chi connectivity index (χ0) is 12.0. The Balaban J connectivity index is 2.68. The number of rotatable bonds is 2. The Bertz CT molecular complexity index is 414. The van der Waals surface area contributed by atoms with Crippen molar-refractivity contribution in [3.05, 3.63) is 34.3 Å². The fraction of sp³-hybridized carbons (Fsp3) is 0.250. The average molecular weight is 283 g/mol. The van der Waals surface area contributed by atoms with E-state index in [0.717, 1.165) is 4.47 Å². The molecule has 0 aliphatic rings. The second-order valence-electron chi connectivity index (χ2n) is 2.94. The number of hydrogen-bond donors (Lipinski definition) is 1. The first-order valence-electron chi connectivity index (χ1n) is 4.75. The molecule has 0 saturated carbocycles. The number of aliphatic hydroxyl groups is 1. The van der Waals surface area contributed by atoms with Crippen molar-refractivity contribution in [3.63, 3.8) is 0 Å². The highest BCUT2D eigenvalue weighted by atomic mass is 79.9. The minimum Gasteiger partial charge on any atom is -0.456 e. The Hall–Kier alpha value is -1.31. The predicted molar refractivity (Wildman–Crippen MR) is 63.5 cm³/mol. The molecule has 1 N–H and O–H groups in total. The minimum atomic E-state index is -0.975. The summed E-state index contributed by atoms with van der Waals surface area (Å²) < 4.78 is 5.53. The van der Waals surface area contributed by atoms with Gasteiger partial charge in [0.15, 0.2) is 0 Å². The summed E-state index contributed by atoms with van der Waals surface area (Å²) in [6, 6.07) is 7.05. The third-order valence-corrected chi connectivity index (χ3v) is 2.30. The molecule has 0 aliphatic heterocycles. The molecule has 1 atom stereocenters. The molecule has 1 unspecified atom stereocenters. The van der Waals surface area contributed by atoms with Crippen LogP contribution in [0.4, 0.5) is 0 Å². The van der Waals surface area contributed by atoms with Crippen LogP contribution in [-0.4, -0.2) is 17.7 Å². The highest BCUT2D eigenvalue weighted by Gasteiger charge is 2.03. The topological polar surface area (TPSA) is 46.5 Å². The second kappa shape index (κ2) is 6.31. The molecule has 16 heavy (non-hydrogen) atoms. The number of aliphatic hydroxyl groups excluding tert-OH is 1. The van der Waals surface area contributed by atoms with Gasteiger partial charge in [0, 0.05) is 10.4 Å². The van der Waals surface area contributed by atoms with E-state index in [-0.39, 0.29) is 6.61 Å². The molecule has 1 rings (SSSR count). The van der Waals surface area contributed by atoms with Gasteiger partial charge in [0.1, 0.15) is 6.10 Å². The maximum absolute atomic E-state index is 10.9. The quantitative estimate of drug-likeness (QED) is 0.513. The molecular formula is C12H11BrO3. The lowest BCUT2D eigenvalue weighted by Gasteiger charge is -2.02. The fourth-order valence-corrected chi connectivity index (χ4v) is 1.29. The molecule has 0 aromatic heterocycles. The number of halogens is 1. The van der Waals surface area contributed by atoms with Crippen LogP contribution in [0.5, 0.6) is 0 Å². The van der Waals surface area contributed by atoms with E-state index >= 15 is 0 Å². The predicted octanol–water partition coefficient (Wildman–Crippen LogP) is 2.05. The van der Waals surface area contributed by atoms with Gasteiger partial charge in [-0.15, -0.1) is 0 Å². The van der Waals surface area contributed by atoms with Crippen LogP contribution in [0, 0.1) is 11.8 Å². The molecule has 1 aromatic rings. The molecule has 1 aromatic carbocycles.